The SMILES string of the molecule is O=C(NC1CCCN(c2cccnc2)C1=O)c1cccc2[nH]ccc12. The van der Waals surface area contributed by atoms with Gasteiger partial charge in [0.25, 0.3) is 5.91 Å². The van der Waals surface area contributed by atoms with Crippen LogP contribution in [0.15, 0.2) is 55.0 Å². The molecule has 0 radical (unpaired) electrons. The monoisotopic (exact) mass is 334 g/mol. The molecule has 0 spiro atoms. The number of aromatic nitrogens is 2. The number of anilines is 1. The largest absolute Gasteiger partial charge is 0.361 e. The number of benzene rings is 1. The van der Waals surface area contributed by atoms with Gasteiger partial charge in [-0.3, -0.25) is 14.6 Å². The van der Waals surface area contributed by atoms with E-state index in [4.69, 9.17) is 0 Å². The van der Waals surface area contributed by atoms with Crippen LogP contribution < -0.4 is 10.2 Å². The first-order valence-electron chi connectivity index (χ1n) is 8.32. The first kappa shape index (κ1) is 15.4. The Labute approximate surface area is 144 Å². The third-order valence-corrected chi connectivity index (χ3v) is 4.54. The van der Waals surface area contributed by atoms with Crippen LogP contribution in [-0.4, -0.2) is 34.4 Å². The van der Waals surface area contributed by atoms with Gasteiger partial charge in [0.2, 0.25) is 5.91 Å². The molecule has 1 fully saturated rings. The molecule has 1 aliphatic rings. The Morgan fingerprint density at radius 2 is 2.16 bits per heavy atom. The quantitative estimate of drug-likeness (QED) is 0.772. The van der Waals surface area contributed by atoms with Gasteiger partial charge in [0, 0.05) is 35.4 Å². The first-order valence-corrected chi connectivity index (χ1v) is 8.32. The van der Waals surface area contributed by atoms with Crippen LogP contribution >= 0.6 is 0 Å². The third-order valence-electron chi connectivity index (χ3n) is 4.54. The van der Waals surface area contributed by atoms with E-state index in [1.807, 2.05) is 24.3 Å². The van der Waals surface area contributed by atoms with Gasteiger partial charge in [-0.05, 0) is 43.2 Å². The van der Waals surface area contributed by atoms with Gasteiger partial charge in [-0.25, -0.2) is 0 Å². The highest BCUT2D eigenvalue weighted by Gasteiger charge is 2.31. The van der Waals surface area contributed by atoms with Crippen molar-refractivity contribution in [3.05, 3.63) is 60.6 Å². The summed E-state index contributed by atoms with van der Waals surface area (Å²) in [4.78, 5) is 34.3. The summed E-state index contributed by atoms with van der Waals surface area (Å²) in [7, 11) is 0. The van der Waals surface area contributed by atoms with E-state index in [-0.39, 0.29) is 11.8 Å². The van der Waals surface area contributed by atoms with Crippen molar-refractivity contribution < 1.29 is 9.59 Å². The molecule has 25 heavy (non-hydrogen) atoms. The van der Waals surface area contributed by atoms with Crippen LogP contribution in [0.3, 0.4) is 0 Å². The summed E-state index contributed by atoms with van der Waals surface area (Å²) < 4.78 is 0. The van der Waals surface area contributed by atoms with E-state index in [2.05, 4.69) is 15.3 Å². The number of H-pyrrole nitrogens is 1. The van der Waals surface area contributed by atoms with Gasteiger partial charge in [0.1, 0.15) is 6.04 Å². The predicted octanol–water partition coefficient (Wildman–Crippen LogP) is 2.49. The van der Waals surface area contributed by atoms with Crippen molar-refractivity contribution in [2.45, 2.75) is 18.9 Å². The Morgan fingerprint density at radius 1 is 1.24 bits per heavy atom. The number of hydrogen-bond acceptors (Lipinski definition) is 3. The Balaban J connectivity index is 1.55. The average molecular weight is 334 g/mol. The number of rotatable bonds is 3. The van der Waals surface area contributed by atoms with Crippen molar-refractivity contribution in [1.29, 1.82) is 0 Å². The van der Waals surface area contributed by atoms with Gasteiger partial charge in [-0.15, -0.1) is 0 Å². The normalized spacial score (nSPS) is 17.7. The average Bonchev–Trinajstić information content (AvgIpc) is 3.13. The van der Waals surface area contributed by atoms with Gasteiger partial charge in [-0.2, -0.15) is 0 Å². The zero-order valence-electron chi connectivity index (χ0n) is 13.6. The first-order chi connectivity index (χ1) is 12.2. The van der Waals surface area contributed by atoms with Crippen molar-refractivity contribution >= 4 is 28.4 Å². The lowest BCUT2D eigenvalue weighted by Crippen LogP contribution is -2.52. The lowest BCUT2D eigenvalue weighted by molar-refractivity contribution is -0.121. The minimum atomic E-state index is -0.518. The van der Waals surface area contributed by atoms with Crippen LogP contribution in [0.4, 0.5) is 5.69 Å². The number of nitrogens with one attached hydrogen (secondary N) is 2. The van der Waals surface area contributed by atoms with Crippen LogP contribution in [0.1, 0.15) is 23.2 Å². The standard InChI is InChI=1S/C19H18N4O2/c24-18(15-5-1-6-16-14(15)8-10-21-16)22-17-7-3-11-23(19(17)25)13-4-2-9-20-12-13/h1-2,4-6,8-10,12,17,21H,3,7,11H2,(H,22,24). The number of pyridine rings is 1. The highest BCUT2D eigenvalue weighted by Crippen LogP contribution is 2.21. The van der Waals surface area contributed by atoms with E-state index >= 15 is 0 Å². The third kappa shape index (κ3) is 2.87. The molecule has 126 valence electrons. The maximum Gasteiger partial charge on any atom is 0.252 e. The van der Waals surface area contributed by atoms with Crippen LogP contribution in [0.25, 0.3) is 10.9 Å². The van der Waals surface area contributed by atoms with Gasteiger partial charge in [0.05, 0.1) is 11.9 Å². The fraction of sp³-hybridized carbons (Fsp3) is 0.211. The molecule has 3 aromatic rings. The Morgan fingerprint density at radius 3 is 3.00 bits per heavy atom. The molecule has 1 aromatic carbocycles. The number of nitrogens with zero attached hydrogens (tertiary/aromatic N) is 2. The molecule has 4 rings (SSSR count). The van der Waals surface area contributed by atoms with Crippen LogP contribution in [0.5, 0.6) is 0 Å². The van der Waals surface area contributed by atoms with E-state index in [9.17, 15) is 9.59 Å². The van der Waals surface area contributed by atoms with Crippen LogP contribution in [0, 0.1) is 0 Å². The minimum absolute atomic E-state index is 0.0890. The second-order valence-corrected chi connectivity index (χ2v) is 6.11. The molecule has 2 aromatic heterocycles. The molecule has 1 saturated heterocycles. The zero-order chi connectivity index (χ0) is 17.2. The van der Waals surface area contributed by atoms with Crippen molar-refractivity contribution in [2.75, 3.05) is 11.4 Å². The summed E-state index contributed by atoms with van der Waals surface area (Å²) >= 11 is 0. The lowest BCUT2D eigenvalue weighted by atomic mass is 10.0. The molecule has 0 bridgehead atoms. The maximum absolute atomic E-state index is 12.8. The fourth-order valence-corrected chi connectivity index (χ4v) is 3.30. The number of fused-ring (bicyclic) bond motifs is 1. The molecule has 1 aliphatic heterocycles. The summed E-state index contributed by atoms with van der Waals surface area (Å²) in [5.41, 5.74) is 2.24. The highest BCUT2D eigenvalue weighted by molar-refractivity contribution is 6.08. The predicted molar refractivity (Wildman–Crippen MR) is 95.4 cm³/mol. The molecular weight excluding hydrogens is 316 g/mol. The van der Waals surface area contributed by atoms with Crippen molar-refractivity contribution in [1.82, 2.24) is 15.3 Å². The summed E-state index contributed by atoms with van der Waals surface area (Å²) in [6.45, 7) is 0.643. The molecule has 0 aliphatic carbocycles. The number of hydrogen-bond donors (Lipinski definition) is 2. The number of piperidine rings is 1. The second-order valence-electron chi connectivity index (χ2n) is 6.11. The van der Waals surface area contributed by atoms with Gasteiger partial charge >= 0.3 is 0 Å². The van der Waals surface area contributed by atoms with E-state index in [0.29, 0.717) is 18.5 Å². The van der Waals surface area contributed by atoms with Crippen molar-refractivity contribution in [2.24, 2.45) is 0 Å². The highest BCUT2D eigenvalue weighted by atomic mass is 16.2. The smallest absolute Gasteiger partial charge is 0.252 e. The van der Waals surface area contributed by atoms with E-state index in [1.54, 1.807) is 35.6 Å². The zero-order valence-corrected chi connectivity index (χ0v) is 13.6. The molecule has 0 saturated carbocycles. The molecular formula is C19H18N4O2. The Kier molecular flexibility index (Phi) is 3.93. The molecule has 1 unspecified atom stereocenters. The number of carbonyl (C=O) groups is 2. The van der Waals surface area contributed by atoms with E-state index < -0.39 is 6.04 Å². The lowest BCUT2D eigenvalue weighted by Gasteiger charge is -2.32. The van der Waals surface area contributed by atoms with Crippen LogP contribution in [-0.2, 0) is 4.79 Å². The number of carbonyl (C=O) groups excluding carboxylic acids is 2. The van der Waals surface area contributed by atoms with Gasteiger partial charge < -0.3 is 15.2 Å². The van der Waals surface area contributed by atoms with E-state index in [0.717, 1.165) is 23.0 Å². The summed E-state index contributed by atoms with van der Waals surface area (Å²) in [6.07, 6.45) is 6.62. The summed E-state index contributed by atoms with van der Waals surface area (Å²) in [5.74, 6) is -0.314. The minimum Gasteiger partial charge on any atom is -0.361 e. The number of amides is 2. The molecule has 2 amide bonds. The second kappa shape index (κ2) is 6.39. The van der Waals surface area contributed by atoms with Crippen molar-refractivity contribution in [3.8, 4) is 0 Å². The van der Waals surface area contributed by atoms with Crippen molar-refractivity contribution in [3.63, 3.8) is 0 Å². The summed E-state index contributed by atoms with van der Waals surface area (Å²) in [6, 6.07) is 10.5. The van der Waals surface area contributed by atoms with Crippen LogP contribution in [0.2, 0.25) is 0 Å². The van der Waals surface area contributed by atoms with Gasteiger partial charge in [0.15, 0.2) is 0 Å². The molecule has 1 atom stereocenters. The molecule has 2 N–H and O–H groups in total. The summed E-state index contributed by atoms with van der Waals surface area (Å²) in [5, 5.41) is 3.76. The fourth-order valence-electron chi connectivity index (χ4n) is 3.30. The molecule has 3 heterocycles. The Hall–Kier alpha value is -3.15. The topological polar surface area (TPSA) is 78.1 Å². The number of aromatic amines is 1. The van der Waals surface area contributed by atoms with Gasteiger partial charge in [-0.1, -0.05) is 6.07 Å². The maximum atomic E-state index is 12.8. The molecule has 6 heteroatoms. The molecule has 6 nitrogen and oxygen atoms in total. The Bertz CT molecular complexity index is 919. The van der Waals surface area contributed by atoms with E-state index in [1.165, 1.54) is 0 Å².